The summed E-state index contributed by atoms with van der Waals surface area (Å²) in [4.78, 5) is 11.2. The molecule has 1 aromatic rings. The van der Waals surface area contributed by atoms with Crippen molar-refractivity contribution in [1.82, 2.24) is 0 Å². The predicted molar refractivity (Wildman–Crippen MR) is 65.7 cm³/mol. The van der Waals surface area contributed by atoms with E-state index in [0.29, 0.717) is 10.9 Å². The molecule has 0 fully saturated rings. The van der Waals surface area contributed by atoms with Gasteiger partial charge in [0.2, 0.25) is 5.91 Å². The molecular weight excluding hydrogens is 329 g/mol. The van der Waals surface area contributed by atoms with Gasteiger partial charge in [0.1, 0.15) is 5.82 Å². The van der Waals surface area contributed by atoms with Crippen molar-refractivity contribution in [3.63, 3.8) is 0 Å². The number of amides is 1. The van der Waals surface area contributed by atoms with E-state index in [-0.39, 0.29) is 16.4 Å². The minimum absolute atomic E-state index is 0.181. The van der Waals surface area contributed by atoms with E-state index in [0.717, 1.165) is 0 Å². The van der Waals surface area contributed by atoms with Crippen LogP contribution in [0.2, 0.25) is 0 Å². The molecular formula is C10H10Br2FNO. The zero-order chi connectivity index (χ0) is 11.4. The Morgan fingerprint density at radius 3 is 2.80 bits per heavy atom. The van der Waals surface area contributed by atoms with Gasteiger partial charge < -0.3 is 5.32 Å². The molecule has 1 atom stereocenters. The second-order valence-corrected chi connectivity index (χ2v) is 4.92. The third-order valence-electron chi connectivity index (χ3n) is 1.85. The third kappa shape index (κ3) is 3.28. The summed E-state index contributed by atoms with van der Waals surface area (Å²) in [5, 5.41) is 2.52. The van der Waals surface area contributed by atoms with E-state index in [1.54, 1.807) is 12.1 Å². The van der Waals surface area contributed by atoms with Gasteiger partial charge in [-0.2, -0.15) is 0 Å². The average Bonchev–Trinajstić information content (AvgIpc) is 2.22. The first-order valence-corrected chi connectivity index (χ1v) is 6.16. The van der Waals surface area contributed by atoms with E-state index in [2.05, 4.69) is 37.2 Å². The Hall–Kier alpha value is -0.420. The maximum absolute atomic E-state index is 13.3. The van der Waals surface area contributed by atoms with Crippen molar-refractivity contribution < 1.29 is 9.18 Å². The lowest BCUT2D eigenvalue weighted by atomic mass is 10.2. The highest BCUT2D eigenvalue weighted by molar-refractivity contribution is 9.10. The number of rotatable bonds is 3. The summed E-state index contributed by atoms with van der Waals surface area (Å²) >= 11 is 6.38. The molecule has 1 N–H and O–H groups in total. The van der Waals surface area contributed by atoms with Gasteiger partial charge in [-0.15, -0.1) is 0 Å². The van der Waals surface area contributed by atoms with Crippen molar-refractivity contribution in [2.24, 2.45) is 0 Å². The first-order chi connectivity index (χ1) is 7.06. The Morgan fingerprint density at radius 2 is 2.27 bits per heavy atom. The molecule has 0 aromatic heterocycles. The molecule has 15 heavy (non-hydrogen) atoms. The number of hydrogen-bond donors (Lipinski definition) is 1. The predicted octanol–water partition coefficient (Wildman–Crippen LogP) is 3.70. The molecule has 5 heteroatoms. The molecule has 0 saturated heterocycles. The fraction of sp³-hybridized carbons (Fsp3) is 0.300. The Bertz CT molecular complexity index is 350. The van der Waals surface area contributed by atoms with Gasteiger partial charge >= 0.3 is 0 Å². The van der Waals surface area contributed by atoms with Gasteiger partial charge in [-0.25, -0.2) is 4.39 Å². The highest BCUT2D eigenvalue weighted by Gasteiger charge is 2.15. The van der Waals surface area contributed by atoms with Gasteiger partial charge in [-0.1, -0.05) is 28.9 Å². The van der Waals surface area contributed by atoms with Crippen molar-refractivity contribution in [3.05, 3.63) is 28.5 Å². The quantitative estimate of drug-likeness (QED) is 0.836. The van der Waals surface area contributed by atoms with Crippen LogP contribution in [-0.4, -0.2) is 10.7 Å². The van der Waals surface area contributed by atoms with E-state index >= 15 is 0 Å². The topological polar surface area (TPSA) is 29.1 Å². The van der Waals surface area contributed by atoms with Crippen LogP contribution in [-0.2, 0) is 4.79 Å². The Labute approximate surface area is 105 Å². The number of carbonyl (C=O) groups is 1. The molecule has 0 aliphatic carbocycles. The van der Waals surface area contributed by atoms with Gasteiger partial charge in [-0.3, -0.25) is 4.79 Å². The van der Waals surface area contributed by atoms with E-state index in [1.807, 2.05) is 6.92 Å². The molecule has 0 heterocycles. The second-order valence-electron chi connectivity index (χ2n) is 2.96. The normalized spacial score (nSPS) is 12.3. The summed E-state index contributed by atoms with van der Waals surface area (Å²) in [6, 6.07) is 4.55. The van der Waals surface area contributed by atoms with Crippen LogP contribution in [0.15, 0.2) is 22.7 Å². The van der Waals surface area contributed by atoms with Gasteiger partial charge in [0.25, 0.3) is 0 Å². The Morgan fingerprint density at radius 1 is 1.60 bits per heavy atom. The summed E-state index contributed by atoms with van der Waals surface area (Å²) < 4.78 is 13.9. The third-order valence-corrected chi connectivity index (χ3v) is 3.58. The lowest BCUT2D eigenvalue weighted by Gasteiger charge is -2.10. The second kappa shape index (κ2) is 5.61. The molecule has 0 saturated carbocycles. The first kappa shape index (κ1) is 12.6. The van der Waals surface area contributed by atoms with Crippen LogP contribution in [0.3, 0.4) is 0 Å². The van der Waals surface area contributed by atoms with Crippen molar-refractivity contribution in [3.8, 4) is 0 Å². The standard InChI is InChI=1S/C10H10Br2FNO/c1-2-6(11)10(15)14-9-7(12)4-3-5-8(9)13/h3-6H,2H2,1H3,(H,14,15). The van der Waals surface area contributed by atoms with Crippen molar-refractivity contribution >= 4 is 43.5 Å². The highest BCUT2D eigenvalue weighted by Crippen LogP contribution is 2.25. The molecule has 0 radical (unpaired) electrons. The van der Waals surface area contributed by atoms with Crippen LogP contribution in [0.4, 0.5) is 10.1 Å². The van der Waals surface area contributed by atoms with Gasteiger partial charge in [0.15, 0.2) is 0 Å². The number of hydrogen-bond acceptors (Lipinski definition) is 1. The van der Waals surface area contributed by atoms with Crippen molar-refractivity contribution in [2.45, 2.75) is 18.2 Å². The monoisotopic (exact) mass is 337 g/mol. The fourth-order valence-electron chi connectivity index (χ4n) is 1.00. The Kier molecular flexibility index (Phi) is 4.73. The largest absolute Gasteiger partial charge is 0.322 e. The number of halogens is 3. The average molecular weight is 339 g/mol. The molecule has 82 valence electrons. The summed E-state index contributed by atoms with van der Waals surface area (Å²) in [6.07, 6.45) is 0.651. The molecule has 1 aromatic carbocycles. The summed E-state index contributed by atoms with van der Waals surface area (Å²) in [6.45, 7) is 1.87. The highest BCUT2D eigenvalue weighted by atomic mass is 79.9. The van der Waals surface area contributed by atoms with Crippen LogP contribution in [0, 0.1) is 5.82 Å². The molecule has 0 aliphatic heterocycles. The van der Waals surface area contributed by atoms with Crippen LogP contribution >= 0.6 is 31.9 Å². The van der Waals surface area contributed by atoms with E-state index in [9.17, 15) is 9.18 Å². The maximum Gasteiger partial charge on any atom is 0.238 e. The van der Waals surface area contributed by atoms with Crippen LogP contribution in [0.25, 0.3) is 0 Å². The van der Waals surface area contributed by atoms with Gasteiger partial charge in [0.05, 0.1) is 10.5 Å². The maximum atomic E-state index is 13.3. The van der Waals surface area contributed by atoms with Crippen molar-refractivity contribution in [2.75, 3.05) is 5.32 Å². The first-order valence-electron chi connectivity index (χ1n) is 4.45. The Balaban J connectivity index is 2.85. The lowest BCUT2D eigenvalue weighted by molar-refractivity contribution is -0.115. The summed E-state index contributed by atoms with van der Waals surface area (Å²) in [5.74, 6) is -0.697. The molecule has 1 amide bonds. The number of benzene rings is 1. The molecule has 2 nitrogen and oxygen atoms in total. The van der Waals surface area contributed by atoms with Gasteiger partial charge in [-0.05, 0) is 34.5 Å². The van der Waals surface area contributed by atoms with Crippen molar-refractivity contribution in [1.29, 1.82) is 0 Å². The van der Waals surface area contributed by atoms with Gasteiger partial charge in [0, 0.05) is 4.47 Å². The fourth-order valence-corrected chi connectivity index (χ4v) is 1.56. The molecule has 0 spiro atoms. The number of alkyl halides is 1. The SMILES string of the molecule is CCC(Br)C(=O)Nc1c(F)cccc1Br. The number of para-hydroxylation sites is 1. The minimum atomic E-state index is -0.450. The number of carbonyl (C=O) groups excluding carboxylic acids is 1. The smallest absolute Gasteiger partial charge is 0.238 e. The van der Waals surface area contributed by atoms with Crippen LogP contribution in [0.5, 0.6) is 0 Å². The van der Waals surface area contributed by atoms with E-state index < -0.39 is 5.82 Å². The zero-order valence-electron chi connectivity index (χ0n) is 8.06. The van der Waals surface area contributed by atoms with E-state index in [1.165, 1.54) is 6.07 Å². The lowest BCUT2D eigenvalue weighted by Crippen LogP contribution is -2.22. The summed E-state index contributed by atoms with van der Waals surface area (Å²) in [5.41, 5.74) is 0.181. The molecule has 0 aliphatic rings. The number of nitrogens with one attached hydrogen (secondary N) is 1. The molecule has 1 unspecified atom stereocenters. The van der Waals surface area contributed by atoms with E-state index in [4.69, 9.17) is 0 Å². The summed E-state index contributed by atoms with van der Waals surface area (Å²) in [7, 11) is 0. The van der Waals surface area contributed by atoms with Crippen LogP contribution in [0.1, 0.15) is 13.3 Å². The zero-order valence-corrected chi connectivity index (χ0v) is 11.2. The molecule has 0 bridgehead atoms. The van der Waals surface area contributed by atoms with Crippen LogP contribution < -0.4 is 5.32 Å². The minimum Gasteiger partial charge on any atom is -0.322 e. The number of anilines is 1. The molecule has 1 rings (SSSR count).